The Hall–Kier alpha value is -2.58. The topological polar surface area (TPSA) is 85.1 Å². The predicted octanol–water partition coefficient (Wildman–Crippen LogP) is 2.80. The third-order valence-corrected chi connectivity index (χ3v) is 5.95. The van der Waals surface area contributed by atoms with Gasteiger partial charge < -0.3 is 23.8 Å². The molecule has 31 heavy (non-hydrogen) atoms. The Kier molecular flexibility index (Phi) is 6.77. The Morgan fingerprint density at radius 2 is 1.90 bits per heavy atom. The summed E-state index contributed by atoms with van der Waals surface area (Å²) < 4.78 is 16.6. The number of carbonyl (C=O) groups excluding carboxylic acids is 2. The quantitative estimate of drug-likeness (QED) is 0.700. The molecular formula is C22H26ClN3O5. The summed E-state index contributed by atoms with van der Waals surface area (Å²) in [4.78, 5) is 29.4. The summed E-state index contributed by atoms with van der Waals surface area (Å²) in [6, 6.07) is 8.82. The lowest BCUT2D eigenvalue weighted by Gasteiger charge is -2.39. The van der Waals surface area contributed by atoms with Gasteiger partial charge in [-0.05, 0) is 31.2 Å². The molecule has 2 aliphatic heterocycles. The molecule has 0 spiro atoms. The summed E-state index contributed by atoms with van der Waals surface area (Å²) in [6.45, 7) is 4.98. The fraction of sp³-hybridized carbons (Fsp3) is 0.500. The van der Waals surface area contributed by atoms with Crippen LogP contribution in [0, 0.1) is 12.8 Å². The van der Waals surface area contributed by atoms with Crippen molar-refractivity contribution in [2.75, 3.05) is 39.4 Å². The van der Waals surface area contributed by atoms with Gasteiger partial charge >= 0.3 is 0 Å². The molecule has 2 fully saturated rings. The van der Waals surface area contributed by atoms with Crippen molar-refractivity contribution >= 4 is 23.4 Å². The van der Waals surface area contributed by atoms with Crippen LogP contribution >= 0.6 is 11.6 Å². The average Bonchev–Trinajstić information content (AvgIpc) is 3.22. The minimum absolute atomic E-state index is 0.0598. The SMILES string of the molecule is Cc1cc(C(=O)N2CC[C@H](Oc3ccc(Cl)cc3)[C@@H](CC(=O)N3CCOCC3)C2)no1. The van der Waals surface area contributed by atoms with E-state index in [1.165, 1.54) is 0 Å². The van der Waals surface area contributed by atoms with Crippen molar-refractivity contribution in [3.8, 4) is 5.75 Å². The van der Waals surface area contributed by atoms with Gasteiger partial charge in [-0.15, -0.1) is 0 Å². The van der Waals surface area contributed by atoms with Crippen molar-refractivity contribution in [3.63, 3.8) is 0 Å². The molecule has 3 heterocycles. The van der Waals surface area contributed by atoms with E-state index < -0.39 is 0 Å². The molecule has 0 bridgehead atoms. The maximum atomic E-state index is 12.9. The van der Waals surface area contributed by atoms with Gasteiger partial charge in [0.2, 0.25) is 5.91 Å². The number of halogens is 1. The fourth-order valence-corrected chi connectivity index (χ4v) is 4.16. The minimum atomic E-state index is -0.189. The molecule has 2 amide bonds. The van der Waals surface area contributed by atoms with E-state index in [9.17, 15) is 9.59 Å². The summed E-state index contributed by atoms with van der Waals surface area (Å²) >= 11 is 5.98. The second-order valence-electron chi connectivity index (χ2n) is 7.93. The number of morpholine rings is 1. The van der Waals surface area contributed by atoms with Crippen LogP contribution in [-0.2, 0) is 9.53 Å². The van der Waals surface area contributed by atoms with E-state index in [0.717, 1.165) is 0 Å². The van der Waals surface area contributed by atoms with E-state index >= 15 is 0 Å². The number of aryl methyl sites for hydroxylation is 1. The fourth-order valence-electron chi connectivity index (χ4n) is 4.03. The van der Waals surface area contributed by atoms with Crippen molar-refractivity contribution in [1.29, 1.82) is 0 Å². The molecule has 2 aliphatic rings. The molecule has 1 aromatic carbocycles. The van der Waals surface area contributed by atoms with Gasteiger partial charge in [0.1, 0.15) is 17.6 Å². The number of hydrogen-bond acceptors (Lipinski definition) is 6. The van der Waals surface area contributed by atoms with Gasteiger partial charge in [-0.3, -0.25) is 9.59 Å². The average molecular weight is 448 g/mol. The highest BCUT2D eigenvalue weighted by molar-refractivity contribution is 6.30. The van der Waals surface area contributed by atoms with E-state index in [1.54, 1.807) is 30.0 Å². The summed E-state index contributed by atoms with van der Waals surface area (Å²) in [7, 11) is 0. The number of likely N-dealkylation sites (tertiary alicyclic amines) is 1. The predicted molar refractivity (Wildman–Crippen MR) is 113 cm³/mol. The second kappa shape index (κ2) is 9.70. The van der Waals surface area contributed by atoms with Crippen molar-refractivity contribution < 1.29 is 23.6 Å². The smallest absolute Gasteiger partial charge is 0.276 e. The van der Waals surface area contributed by atoms with E-state index in [1.807, 2.05) is 17.0 Å². The Morgan fingerprint density at radius 3 is 2.58 bits per heavy atom. The molecule has 0 unspecified atom stereocenters. The van der Waals surface area contributed by atoms with Gasteiger partial charge in [0.25, 0.3) is 5.91 Å². The van der Waals surface area contributed by atoms with Gasteiger partial charge in [0.05, 0.1) is 13.2 Å². The number of aromatic nitrogens is 1. The van der Waals surface area contributed by atoms with Gasteiger partial charge in [-0.1, -0.05) is 16.8 Å². The number of benzene rings is 1. The van der Waals surface area contributed by atoms with E-state index in [4.69, 9.17) is 25.6 Å². The van der Waals surface area contributed by atoms with Crippen molar-refractivity contribution in [2.24, 2.45) is 5.92 Å². The maximum absolute atomic E-state index is 12.9. The molecule has 4 rings (SSSR count). The third kappa shape index (κ3) is 5.37. The molecule has 0 aliphatic carbocycles. The van der Waals surface area contributed by atoms with Crippen LogP contribution < -0.4 is 4.74 Å². The maximum Gasteiger partial charge on any atom is 0.276 e. The number of piperidine rings is 1. The number of nitrogens with zero attached hydrogens (tertiary/aromatic N) is 3. The lowest BCUT2D eigenvalue weighted by atomic mass is 9.90. The first-order valence-electron chi connectivity index (χ1n) is 10.5. The first-order chi connectivity index (χ1) is 15.0. The summed E-state index contributed by atoms with van der Waals surface area (Å²) in [6.07, 6.45) is 0.737. The number of carbonyl (C=O) groups is 2. The zero-order valence-corrected chi connectivity index (χ0v) is 18.2. The van der Waals surface area contributed by atoms with Crippen LogP contribution in [0.5, 0.6) is 5.75 Å². The lowest BCUT2D eigenvalue weighted by molar-refractivity contribution is -0.137. The number of hydrogen-bond donors (Lipinski definition) is 0. The standard InChI is InChI=1S/C22H26ClN3O5/c1-15-12-19(24-31-15)22(28)26-7-6-20(30-18-4-2-17(23)3-5-18)16(14-26)13-21(27)25-8-10-29-11-9-25/h2-5,12,16,20H,6-11,13-14H2,1H3/t16-,20-/m0/s1. The van der Waals surface area contributed by atoms with Gasteiger partial charge in [-0.2, -0.15) is 0 Å². The van der Waals surface area contributed by atoms with Crippen LogP contribution in [0.4, 0.5) is 0 Å². The zero-order valence-electron chi connectivity index (χ0n) is 17.5. The van der Waals surface area contributed by atoms with Crippen LogP contribution in [0.2, 0.25) is 5.02 Å². The number of rotatable bonds is 5. The molecule has 0 N–H and O–H groups in total. The van der Waals surface area contributed by atoms with E-state index in [-0.39, 0.29) is 29.5 Å². The van der Waals surface area contributed by atoms with Crippen molar-refractivity contribution in [2.45, 2.75) is 25.9 Å². The van der Waals surface area contributed by atoms with Crippen LogP contribution in [0.25, 0.3) is 0 Å². The molecule has 0 saturated carbocycles. The molecule has 9 heteroatoms. The largest absolute Gasteiger partial charge is 0.490 e. The summed E-state index contributed by atoms with van der Waals surface area (Å²) in [5.41, 5.74) is 0.285. The first kappa shape index (κ1) is 21.6. The van der Waals surface area contributed by atoms with Gasteiger partial charge in [0.15, 0.2) is 5.69 Å². The number of ether oxygens (including phenoxy) is 2. The highest BCUT2D eigenvalue weighted by Crippen LogP contribution is 2.28. The zero-order chi connectivity index (χ0) is 21.8. The van der Waals surface area contributed by atoms with E-state index in [0.29, 0.717) is 68.8 Å². The van der Waals surface area contributed by atoms with Crippen LogP contribution in [0.1, 0.15) is 29.1 Å². The third-order valence-electron chi connectivity index (χ3n) is 5.70. The van der Waals surface area contributed by atoms with Crippen LogP contribution in [0.15, 0.2) is 34.9 Å². The first-order valence-corrected chi connectivity index (χ1v) is 10.9. The van der Waals surface area contributed by atoms with Crippen molar-refractivity contribution in [1.82, 2.24) is 15.0 Å². The van der Waals surface area contributed by atoms with Gasteiger partial charge in [0, 0.05) is 56.0 Å². The van der Waals surface area contributed by atoms with Gasteiger partial charge in [-0.25, -0.2) is 0 Å². The Bertz CT molecular complexity index is 910. The Morgan fingerprint density at radius 1 is 1.16 bits per heavy atom. The Balaban J connectivity index is 1.48. The second-order valence-corrected chi connectivity index (χ2v) is 8.37. The number of amides is 2. The van der Waals surface area contributed by atoms with Crippen LogP contribution in [-0.4, -0.2) is 72.3 Å². The molecule has 2 saturated heterocycles. The summed E-state index contributed by atoms with van der Waals surface area (Å²) in [5.74, 6) is 1.01. The molecule has 1 aromatic heterocycles. The highest BCUT2D eigenvalue weighted by atomic mass is 35.5. The highest BCUT2D eigenvalue weighted by Gasteiger charge is 2.36. The minimum Gasteiger partial charge on any atom is -0.490 e. The van der Waals surface area contributed by atoms with E-state index in [2.05, 4.69) is 5.16 Å². The monoisotopic (exact) mass is 447 g/mol. The normalized spacial score (nSPS) is 21.7. The molecule has 0 radical (unpaired) electrons. The molecule has 8 nitrogen and oxygen atoms in total. The summed E-state index contributed by atoms with van der Waals surface area (Å²) in [5, 5.41) is 4.48. The molecule has 2 aromatic rings. The Labute approximate surface area is 186 Å². The van der Waals surface area contributed by atoms with Crippen molar-refractivity contribution in [3.05, 3.63) is 46.8 Å². The lowest BCUT2D eigenvalue weighted by Crippen LogP contribution is -2.50. The molecular weight excluding hydrogens is 422 g/mol. The van der Waals surface area contributed by atoms with Crippen LogP contribution in [0.3, 0.4) is 0 Å². The molecule has 166 valence electrons. The molecule has 2 atom stereocenters.